The van der Waals surface area contributed by atoms with Crippen LogP contribution in [0.2, 0.25) is 18.1 Å². The molecule has 1 saturated heterocycles. The van der Waals surface area contributed by atoms with Gasteiger partial charge in [0.1, 0.15) is 0 Å². The van der Waals surface area contributed by atoms with Crippen molar-refractivity contribution in [3.63, 3.8) is 0 Å². The van der Waals surface area contributed by atoms with Crippen molar-refractivity contribution in [3.05, 3.63) is 28.2 Å². The standard InChI is InChI=1S/C19H33BrN2OSi/c1-16-15-17(20)7-8-18(16)22-11-9-21(10-12-22)13-14-23-24(5,6)19(2,3)4/h7-8,15H,9-14H2,1-6H3. The van der Waals surface area contributed by atoms with E-state index in [0.29, 0.717) is 5.04 Å². The van der Waals surface area contributed by atoms with Crippen LogP contribution in [0.1, 0.15) is 26.3 Å². The molecule has 3 nitrogen and oxygen atoms in total. The first-order chi connectivity index (χ1) is 11.1. The number of benzene rings is 1. The van der Waals surface area contributed by atoms with Gasteiger partial charge < -0.3 is 9.33 Å². The maximum Gasteiger partial charge on any atom is 0.192 e. The summed E-state index contributed by atoms with van der Waals surface area (Å²) in [5.41, 5.74) is 2.72. The van der Waals surface area contributed by atoms with Gasteiger partial charge >= 0.3 is 0 Å². The van der Waals surface area contributed by atoms with E-state index in [2.05, 4.69) is 84.7 Å². The van der Waals surface area contributed by atoms with Crippen LogP contribution in [0, 0.1) is 6.92 Å². The van der Waals surface area contributed by atoms with E-state index in [0.717, 1.165) is 43.8 Å². The summed E-state index contributed by atoms with van der Waals surface area (Å²) in [6.07, 6.45) is 0. The largest absolute Gasteiger partial charge is 0.416 e. The molecular weight excluding hydrogens is 380 g/mol. The molecule has 1 aliphatic rings. The minimum atomic E-state index is -1.61. The molecule has 2 rings (SSSR count). The average molecular weight is 413 g/mol. The van der Waals surface area contributed by atoms with E-state index in [9.17, 15) is 0 Å². The topological polar surface area (TPSA) is 15.7 Å². The Bertz CT molecular complexity index is 549. The summed E-state index contributed by atoms with van der Waals surface area (Å²) in [4.78, 5) is 5.05. The number of hydrogen-bond donors (Lipinski definition) is 0. The van der Waals surface area contributed by atoms with Crippen molar-refractivity contribution in [2.24, 2.45) is 0 Å². The molecule has 1 heterocycles. The van der Waals surface area contributed by atoms with Crippen molar-refractivity contribution in [2.45, 2.75) is 45.8 Å². The lowest BCUT2D eigenvalue weighted by Gasteiger charge is -2.39. The fourth-order valence-electron chi connectivity index (χ4n) is 2.83. The molecule has 0 radical (unpaired) electrons. The SMILES string of the molecule is Cc1cc(Br)ccc1N1CCN(CCO[Si](C)(C)C(C)(C)C)CC1. The summed E-state index contributed by atoms with van der Waals surface area (Å²) in [7, 11) is -1.61. The van der Waals surface area contributed by atoms with Crippen molar-refractivity contribution in [1.82, 2.24) is 4.90 Å². The second kappa shape index (κ2) is 7.90. The number of hydrogen-bond acceptors (Lipinski definition) is 3. The van der Waals surface area contributed by atoms with Gasteiger partial charge in [-0.25, -0.2) is 0 Å². The zero-order chi connectivity index (χ0) is 18.0. The van der Waals surface area contributed by atoms with E-state index in [1.807, 2.05) is 0 Å². The summed E-state index contributed by atoms with van der Waals surface area (Å²) in [6.45, 7) is 20.1. The Labute approximate surface area is 157 Å². The highest BCUT2D eigenvalue weighted by atomic mass is 79.9. The summed E-state index contributed by atoms with van der Waals surface area (Å²) in [6, 6.07) is 6.58. The zero-order valence-corrected chi connectivity index (χ0v) is 18.7. The highest BCUT2D eigenvalue weighted by Crippen LogP contribution is 2.36. The Balaban J connectivity index is 1.79. The minimum absolute atomic E-state index is 0.296. The summed E-state index contributed by atoms with van der Waals surface area (Å²) < 4.78 is 7.48. The van der Waals surface area contributed by atoms with Crippen molar-refractivity contribution in [1.29, 1.82) is 0 Å². The Morgan fingerprint density at radius 2 is 1.75 bits per heavy atom. The molecule has 0 amide bonds. The zero-order valence-electron chi connectivity index (χ0n) is 16.2. The predicted octanol–water partition coefficient (Wildman–Crippen LogP) is 4.90. The number of nitrogens with zero attached hydrogens (tertiary/aromatic N) is 2. The van der Waals surface area contributed by atoms with E-state index in [4.69, 9.17) is 4.43 Å². The molecule has 0 saturated carbocycles. The second-order valence-corrected chi connectivity index (χ2v) is 14.1. The van der Waals surface area contributed by atoms with Gasteiger partial charge in [-0.15, -0.1) is 0 Å². The third-order valence-corrected chi connectivity index (χ3v) is 10.6. The van der Waals surface area contributed by atoms with Gasteiger partial charge in [0.2, 0.25) is 0 Å². The molecule has 1 aromatic carbocycles. The van der Waals surface area contributed by atoms with Crippen LogP contribution in [0.5, 0.6) is 0 Å². The van der Waals surface area contributed by atoms with Crippen LogP contribution in [0.4, 0.5) is 5.69 Å². The minimum Gasteiger partial charge on any atom is -0.416 e. The number of rotatable bonds is 5. The normalized spacial score (nSPS) is 17.4. The molecule has 0 bridgehead atoms. The molecule has 136 valence electrons. The quantitative estimate of drug-likeness (QED) is 0.639. The lowest BCUT2D eigenvalue weighted by Crippen LogP contribution is -2.49. The van der Waals surface area contributed by atoms with E-state index in [1.165, 1.54) is 11.3 Å². The van der Waals surface area contributed by atoms with Crippen molar-refractivity contribution < 1.29 is 4.43 Å². The lowest BCUT2D eigenvalue weighted by molar-refractivity contribution is 0.191. The molecule has 24 heavy (non-hydrogen) atoms. The van der Waals surface area contributed by atoms with Gasteiger partial charge in [-0.3, -0.25) is 4.90 Å². The molecule has 0 unspecified atom stereocenters. The van der Waals surface area contributed by atoms with Crippen LogP contribution in [0.15, 0.2) is 22.7 Å². The molecule has 0 aromatic heterocycles. The Morgan fingerprint density at radius 3 is 2.29 bits per heavy atom. The summed E-state index contributed by atoms with van der Waals surface area (Å²) >= 11 is 3.55. The first-order valence-corrected chi connectivity index (χ1v) is 12.7. The van der Waals surface area contributed by atoms with E-state index in [-0.39, 0.29) is 0 Å². The Hall–Kier alpha value is -0.363. The first kappa shape index (κ1) is 20.0. The number of aryl methyl sites for hydroxylation is 1. The number of halogens is 1. The number of piperazine rings is 1. The van der Waals surface area contributed by atoms with Crippen LogP contribution >= 0.6 is 15.9 Å². The molecular formula is C19H33BrN2OSi. The molecule has 1 fully saturated rings. The van der Waals surface area contributed by atoms with Gasteiger partial charge in [0.25, 0.3) is 0 Å². The van der Waals surface area contributed by atoms with Gasteiger partial charge in [0.05, 0.1) is 0 Å². The van der Waals surface area contributed by atoms with Crippen LogP contribution in [0.3, 0.4) is 0 Å². The number of anilines is 1. The summed E-state index contributed by atoms with van der Waals surface area (Å²) in [5.74, 6) is 0. The van der Waals surface area contributed by atoms with Crippen molar-refractivity contribution >= 4 is 29.9 Å². The van der Waals surface area contributed by atoms with Crippen molar-refractivity contribution in [3.8, 4) is 0 Å². The molecule has 0 aliphatic carbocycles. The average Bonchev–Trinajstić information content (AvgIpc) is 2.47. The first-order valence-electron chi connectivity index (χ1n) is 8.97. The Morgan fingerprint density at radius 1 is 1.12 bits per heavy atom. The molecule has 1 aromatic rings. The predicted molar refractivity (Wildman–Crippen MR) is 111 cm³/mol. The fraction of sp³-hybridized carbons (Fsp3) is 0.684. The molecule has 0 N–H and O–H groups in total. The van der Waals surface area contributed by atoms with Crippen molar-refractivity contribution in [2.75, 3.05) is 44.2 Å². The second-order valence-electron chi connectivity index (χ2n) is 8.37. The van der Waals surface area contributed by atoms with Gasteiger partial charge in [-0.05, 0) is 48.8 Å². The van der Waals surface area contributed by atoms with Gasteiger partial charge in [-0.1, -0.05) is 36.7 Å². The third kappa shape index (κ3) is 5.07. The van der Waals surface area contributed by atoms with E-state index >= 15 is 0 Å². The molecule has 1 aliphatic heterocycles. The van der Waals surface area contributed by atoms with Crippen LogP contribution in [-0.2, 0) is 4.43 Å². The van der Waals surface area contributed by atoms with Gasteiger partial charge in [-0.2, -0.15) is 0 Å². The third-order valence-electron chi connectivity index (χ3n) is 5.55. The van der Waals surface area contributed by atoms with Crippen LogP contribution < -0.4 is 4.90 Å². The molecule has 5 heteroatoms. The summed E-state index contributed by atoms with van der Waals surface area (Å²) in [5, 5.41) is 0.296. The van der Waals surface area contributed by atoms with E-state index in [1.54, 1.807) is 0 Å². The van der Waals surface area contributed by atoms with Gasteiger partial charge in [0.15, 0.2) is 8.32 Å². The van der Waals surface area contributed by atoms with Gasteiger partial charge in [0, 0.05) is 49.5 Å². The highest BCUT2D eigenvalue weighted by molar-refractivity contribution is 9.10. The fourth-order valence-corrected chi connectivity index (χ4v) is 4.34. The Kier molecular flexibility index (Phi) is 6.56. The van der Waals surface area contributed by atoms with Crippen LogP contribution in [-0.4, -0.2) is 52.5 Å². The van der Waals surface area contributed by atoms with E-state index < -0.39 is 8.32 Å². The molecule has 0 spiro atoms. The highest BCUT2D eigenvalue weighted by Gasteiger charge is 2.37. The smallest absolute Gasteiger partial charge is 0.192 e. The maximum absolute atomic E-state index is 6.32. The lowest BCUT2D eigenvalue weighted by atomic mass is 10.1. The van der Waals surface area contributed by atoms with Crippen LogP contribution in [0.25, 0.3) is 0 Å². The molecule has 0 atom stereocenters. The monoisotopic (exact) mass is 412 g/mol. The maximum atomic E-state index is 6.32.